The summed E-state index contributed by atoms with van der Waals surface area (Å²) in [4.78, 5) is 25.0. The summed E-state index contributed by atoms with van der Waals surface area (Å²) in [5.41, 5.74) is 0. The summed E-state index contributed by atoms with van der Waals surface area (Å²) in [6.45, 7) is 1.38. The predicted molar refractivity (Wildman–Crippen MR) is 60.6 cm³/mol. The molecule has 0 N–H and O–H groups in total. The third kappa shape index (κ3) is 3.04. The highest BCUT2D eigenvalue weighted by Gasteiger charge is 2.31. The van der Waals surface area contributed by atoms with Crippen molar-refractivity contribution in [2.24, 2.45) is 0 Å². The Morgan fingerprint density at radius 2 is 2.00 bits per heavy atom. The molecule has 0 aromatic heterocycles. The second-order valence-corrected chi connectivity index (χ2v) is 4.65. The fourth-order valence-electron chi connectivity index (χ4n) is 2.35. The van der Waals surface area contributed by atoms with E-state index in [1.165, 1.54) is 0 Å². The molecule has 1 aliphatic carbocycles. The van der Waals surface area contributed by atoms with E-state index in [1.54, 1.807) is 11.9 Å². The Bertz CT molecular complexity index is 289. The van der Waals surface area contributed by atoms with Crippen LogP contribution in [0.3, 0.4) is 0 Å². The second kappa shape index (κ2) is 5.60. The van der Waals surface area contributed by atoms with Crippen molar-refractivity contribution in [2.45, 2.75) is 37.8 Å². The smallest absolute Gasteiger partial charge is 0.254 e. The average molecular weight is 241 g/mol. The van der Waals surface area contributed by atoms with Crippen LogP contribution in [0.4, 0.5) is 0 Å². The number of amides is 1. The minimum absolute atomic E-state index is 0.0240. The molecule has 1 saturated carbocycles. The zero-order valence-corrected chi connectivity index (χ0v) is 10.2. The number of rotatable bonds is 2. The number of ketones is 1. The van der Waals surface area contributed by atoms with E-state index in [4.69, 9.17) is 9.47 Å². The Morgan fingerprint density at radius 3 is 2.59 bits per heavy atom. The lowest BCUT2D eigenvalue weighted by Gasteiger charge is -2.34. The number of hydrogen-bond acceptors (Lipinski definition) is 4. The first-order valence-electron chi connectivity index (χ1n) is 6.16. The van der Waals surface area contributed by atoms with Gasteiger partial charge in [-0.2, -0.15) is 0 Å². The molecule has 1 amide bonds. The van der Waals surface area contributed by atoms with Crippen molar-refractivity contribution in [3.63, 3.8) is 0 Å². The molecule has 1 aliphatic heterocycles. The molecule has 96 valence electrons. The van der Waals surface area contributed by atoms with Gasteiger partial charge in [0.15, 0.2) is 6.10 Å². The maximum absolute atomic E-state index is 12.1. The van der Waals surface area contributed by atoms with Gasteiger partial charge in [0.1, 0.15) is 5.78 Å². The van der Waals surface area contributed by atoms with Crippen LogP contribution in [0.5, 0.6) is 0 Å². The van der Waals surface area contributed by atoms with Gasteiger partial charge in [-0.3, -0.25) is 9.59 Å². The Labute approximate surface area is 101 Å². The van der Waals surface area contributed by atoms with Gasteiger partial charge in [0.25, 0.3) is 5.91 Å². The summed E-state index contributed by atoms with van der Waals surface area (Å²) in [5.74, 6) is 0.281. The molecule has 2 aliphatic rings. The molecule has 0 radical (unpaired) electrons. The second-order valence-electron chi connectivity index (χ2n) is 4.65. The van der Waals surface area contributed by atoms with Gasteiger partial charge in [-0.05, 0) is 12.8 Å². The molecule has 2 rings (SSSR count). The van der Waals surface area contributed by atoms with E-state index in [0.717, 1.165) is 12.8 Å². The SMILES string of the molecule is CN(C(=O)C1COCCO1)C1CCC(=O)CC1. The predicted octanol–water partition coefficient (Wildman–Crippen LogP) is 0.372. The first-order chi connectivity index (χ1) is 8.18. The van der Waals surface area contributed by atoms with Crippen molar-refractivity contribution in [1.82, 2.24) is 4.90 Å². The topological polar surface area (TPSA) is 55.8 Å². The summed E-state index contributed by atoms with van der Waals surface area (Å²) in [6.07, 6.45) is 2.25. The lowest BCUT2D eigenvalue weighted by molar-refractivity contribution is -0.159. The summed E-state index contributed by atoms with van der Waals surface area (Å²) in [5, 5.41) is 0. The van der Waals surface area contributed by atoms with Gasteiger partial charge >= 0.3 is 0 Å². The van der Waals surface area contributed by atoms with Gasteiger partial charge in [0.2, 0.25) is 0 Å². The maximum atomic E-state index is 12.1. The van der Waals surface area contributed by atoms with Gasteiger partial charge in [-0.25, -0.2) is 0 Å². The highest BCUT2D eigenvalue weighted by Crippen LogP contribution is 2.20. The van der Waals surface area contributed by atoms with Crippen molar-refractivity contribution in [1.29, 1.82) is 0 Å². The zero-order valence-electron chi connectivity index (χ0n) is 10.2. The molecule has 1 heterocycles. The maximum Gasteiger partial charge on any atom is 0.254 e. The van der Waals surface area contributed by atoms with E-state index in [0.29, 0.717) is 38.4 Å². The van der Waals surface area contributed by atoms with Gasteiger partial charge in [-0.1, -0.05) is 0 Å². The molecule has 2 fully saturated rings. The summed E-state index contributed by atoms with van der Waals surface area (Å²) < 4.78 is 10.6. The van der Waals surface area contributed by atoms with Crippen molar-refractivity contribution >= 4 is 11.7 Å². The van der Waals surface area contributed by atoms with Gasteiger partial charge in [0, 0.05) is 25.9 Å². The fourth-order valence-corrected chi connectivity index (χ4v) is 2.35. The monoisotopic (exact) mass is 241 g/mol. The molecule has 17 heavy (non-hydrogen) atoms. The Balaban J connectivity index is 1.87. The van der Waals surface area contributed by atoms with Gasteiger partial charge in [-0.15, -0.1) is 0 Å². The molecule has 5 nitrogen and oxygen atoms in total. The Kier molecular flexibility index (Phi) is 4.12. The van der Waals surface area contributed by atoms with Crippen LogP contribution in [0.15, 0.2) is 0 Å². The summed E-state index contributed by atoms with van der Waals surface area (Å²) >= 11 is 0. The molecular formula is C12H19NO4. The molecule has 0 spiro atoms. The highest BCUT2D eigenvalue weighted by molar-refractivity contribution is 5.82. The number of Topliss-reactive ketones (excluding diaryl/α,β-unsaturated/α-hetero) is 1. The fraction of sp³-hybridized carbons (Fsp3) is 0.833. The van der Waals surface area contributed by atoms with E-state index in [1.807, 2.05) is 0 Å². The number of hydrogen-bond donors (Lipinski definition) is 0. The van der Waals surface area contributed by atoms with Crippen LogP contribution in [0.1, 0.15) is 25.7 Å². The number of nitrogens with zero attached hydrogens (tertiary/aromatic N) is 1. The average Bonchev–Trinajstić information content (AvgIpc) is 2.39. The molecule has 1 atom stereocenters. The van der Waals surface area contributed by atoms with Crippen molar-refractivity contribution in [3.8, 4) is 0 Å². The largest absolute Gasteiger partial charge is 0.376 e. The Morgan fingerprint density at radius 1 is 1.29 bits per heavy atom. The van der Waals surface area contributed by atoms with Crippen LogP contribution in [0.2, 0.25) is 0 Å². The quantitative estimate of drug-likeness (QED) is 0.701. The summed E-state index contributed by atoms with van der Waals surface area (Å²) in [6, 6.07) is 0.172. The van der Waals surface area contributed by atoms with Crippen LogP contribution in [-0.2, 0) is 19.1 Å². The standard InChI is InChI=1S/C12H19NO4/c1-13(9-2-4-10(14)5-3-9)12(15)11-8-16-6-7-17-11/h9,11H,2-8H2,1H3. The molecule has 0 aromatic rings. The third-order valence-corrected chi connectivity index (χ3v) is 3.50. The number of carbonyl (C=O) groups is 2. The lowest BCUT2D eigenvalue weighted by atomic mass is 9.93. The highest BCUT2D eigenvalue weighted by atomic mass is 16.6. The Hall–Kier alpha value is -0.940. The van der Waals surface area contributed by atoms with Crippen molar-refractivity contribution in [2.75, 3.05) is 26.9 Å². The summed E-state index contributed by atoms with van der Waals surface area (Å²) in [7, 11) is 1.79. The van der Waals surface area contributed by atoms with E-state index in [-0.39, 0.29) is 11.9 Å². The van der Waals surface area contributed by atoms with E-state index >= 15 is 0 Å². The van der Waals surface area contributed by atoms with Crippen LogP contribution in [0.25, 0.3) is 0 Å². The van der Waals surface area contributed by atoms with Crippen molar-refractivity contribution in [3.05, 3.63) is 0 Å². The molecular weight excluding hydrogens is 222 g/mol. The van der Waals surface area contributed by atoms with Gasteiger partial charge in [0.05, 0.1) is 19.8 Å². The first kappa shape index (κ1) is 12.5. The molecule has 5 heteroatoms. The molecule has 1 unspecified atom stereocenters. The normalized spacial score (nSPS) is 26.9. The van der Waals surface area contributed by atoms with Crippen molar-refractivity contribution < 1.29 is 19.1 Å². The van der Waals surface area contributed by atoms with Crippen LogP contribution >= 0.6 is 0 Å². The number of likely N-dealkylation sites (N-methyl/N-ethyl adjacent to an activating group) is 1. The number of ether oxygens (including phenoxy) is 2. The lowest BCUT2D eigenvalue weighted by Crippen LogP contribution is -2.48. The molecule has 0 bridgehead atoms. The van der Waals surface area contributed by atoms with Crippen LogP contribution in [-0.4, -0.2) is 55.6 Å². The molecule has 0 aromatic carbocycles. The van der Waals surface area contributed by atoms with E-state index in [9.17, 15) is 9.59 Å². The zero-order chi connectivity index (χ0) is 12.3. The minimum Gasteiger partial charge on any atom is -0.376 e. The van der Waals surface area contributed by atoms with Crippen LogP contribution in [0, 0.1) is 0 Å². The van der Waals surface area contributed by atoms with E-state index < -0.39 is 6.10 Å². The van der Waals surface area contributed by atoms with Crippen LogP contribution < -0.4 is 0 Å². The number of carbonyl (C=O) groups excluding carboxylic acids is 2. The van der Waals surface area contributed by atoms with Gasteiger partial charge < -0.3 is 14.4 Å². The first-order valence-corrected chi connectivity index (χ1v) is 6.16. The van der Waals surface area contributed by atoms with E-state index in [2.05, 4.69) is 0 Å². The minimum atomic E-state index is -0.466. The third-order valence-electron chi connectivity index (χ3n) is 3.50. The molecule has 1 saturated heterocycles.